The van der Waals surface area contributed by atoms with Crippen molar-refractivity contribution in [2.45, 2.75) is 38.6 Å². The lowest BCUT2D eigenvalue weighted by Gasteiger charge is -2.28. The van der Waals surface area contributed by atoms with Gasteiger partial charge in [-0.15, -0.1) is 0 Å². The summed E-state index contributed by atoms with van der Waals surface area (Å²) in [5, 5.41) is 4.25. The summed E-state index contributed by atoms with van der Waals surface area (Å²) < 4.78 is 5.51. The minimum absolute atomic E-state index is 0. The first-order valence-corrected chi connectivity index (χ1v) is 7.71. The molecular weight excluding hydrogens is 305 g/mol. The maximum absolute atomic E-state index is 5.81. The Bertz CT molecular complexity index is 464. The molecule has 1 saturated carbocycles. The number of halogens is 2. The molecule has 1 fully saturated rings. The van der Waals surface area contributed by atoms with Crippen LogP contribution in [0.2, 0.25) is 5.02 Å². The standard InChI is InChI=1S/C17H22ClNO.ClH/c1-14-6-2-3-7-17(14)19-12-4-5-13-20-16-10-8-15(18)9-11-16;/h8-11,14,17,19H,2-3,6-7,12-13H2,1H3;1H/p-1. The first-order valence-electron chi connectivity index (χ1n) is 7.33. The highest BCUT2D eigenvalue weighted by molar-refractivity contribution is 6.30. The summed E-state index contributed by atoms with van der Waals surface area (Å²) in [5.74, 6) is 7.74. The van der Waals surface area contributed by atoms with Crippen LogP contribution in [0.1, 0.15) is 32.6 Å². The lowest BCUT2D eigenvalue weighted by Crippen LogP contribution is -3.00. The highest BCUT2D eigenvalue weighted by atomic mass is 35.5. The minimum Gasteiger partial charge on any atom is -1.00 e. The summed E-state index contributed by atoms with van der Waals surface area (Å²) in [6.45, 7) is 3.50. The molecule has 2 unspecified atom stereocenters. The van der Waals surface area contributed by atoms with E-state index < -0.39 is 0 Å². The molecule has 0 aromatic heterocycles. The van der Waals surface area contributed by atoms with Crippen molar-refractivity contribution in [2.75, 3.05) is 13.2 Å². The van der Waals surface area contributed by atoms with Gasteiger partial charge in [0.2, 0.25) is 0 Å². The highest BCUT2D eigenvalue weighted by Gasteiger charge is 2.19. The monoisotopic (exact) mass is 326 g/mol. The minimum atomic E-state index is 0. The van der Waals surface area contributed by atoms with Gasteiger partial charge in [-0.2, -0.15) is 0 Å². The van der Waals surface area contributed by atoms with Crippen molar-refractivity contribution in [3.8, 4) is 17.6 Å². The lowest BCUT2D eigenvalue weighted by molar-refractivity contribution is -0.00000452. The van der Waals surface area contributed by atoms with Crippen molar-refractivity contribution >= 4 is 11.6 Å². The Morgan fingerprint density at radius 3 is 2.62 bits per heavy atom. The molecule has 0 saturated heterocycles. The summed E-state index contributed by atoms with van der Waals surface area (Å²) in [6.07, 6.45) is 5.34. The molecule has 0 aliphatic heterocycles. The van der Waals surface area contributed by atoms with Crippen LogP contribution in [0.25, 0.3) is 0 Å². The van der Waals surface area contributed by atoms with Crippen LogP contribution in [0, 0.1) is 17.8 Å². The Hall–Kier alpha value is -0.880. The average Bonchev–Trinajstić information content (AvgIpc) is 2.46. The Balaban J connectivity index is 0.00000220. The molecular formula is C17H22Cl2NO-. The highest BCUT2D eigenvalue weighted by Crippen LogP contribution is 2.23. The van der Waals surface area contributed by atoms with Crippen molar-refractivity contribution in [3.63, 3.8) is 0 Å². The van der Waals surface area contributed by atoms with Gasteiger partial charge in [0.25, 0.3) is 0 Å². The topological polar surface area (TPSA) is 21.3 Å². The maximum atomic E-state index is 5.81. The van der Waals surface area contributed by atoms with E-state index in [1.807, 2.05) is 24.3 Å². The fourth-order valence-electron chi connectivity index (χ4n) is 2.57. The van der Waals surface area contributed by atoms with Gasteiger partial charge >= 0.3 is 0 Å². The van der Waals surface area contributed by atoms with Gasteiger partial charge in [-0.3, -0.25) is 0 Å². The van der Waals surface area contributed by atoms with Gasteiger partial charge in [-0.05, 0) is 43.0 Å². The van der Waals surface area contributed by atoms with Gasteiger partial charge < -0.3 is 22.5 Å². The lowest BCUT2D eigenvalue weighted by atomic mass is 9.86. The Labute approximate surface area is 139 Å². The quantitative estimate of drug-likeness (QED) is 0.830. The summed E-state index contributed by atoms with van der Waals surface area (Å²) in [6, 6.07) is 7.97. The third-order valence-corrected chi connectivity index (χ3v) is 4.07. The van der Waals surface area contributed by atoms with Crippen LogP contribution >= 0.6 is 11.6 Å². The van der Waals surface area contributed by atoms with Gasteiger partial charge in [0.15, 0.2) is 0 Å². The van der Waals surface area contributed by atoms with Crippen molar-refractivity contribution in [1.29, 1.82) is 0 Å². The third kappa shape index (κ3) is 6.61. The molecule has 0 radical (unpaired) electrons. The average molecular weight is 327 g/mol. The Kier molecular flexibility index (Phi) is 8.61. The molecule has 1 aliphatic carbocycles. The van der Waals surface area contributed by atoms with Gasteiger partial charge in [-0.1, -0.05) is 43.2 Å². The molecule has 0 bridgehead atoms. The van der Waals surface area contributed by atoms with Crippen LogP contribution in [-0.4, -0.2) is 19.2 Å². The first-order chi connectivity index (χ1) is 9.75. The van der Waals surface area contributed by atoms with E-state index in [4.69, 9.17) is 16.3 Å². The summed E-state index contributed by atoms with van der Waals surface area (Å²) in [5.41, 5.74) is 0. The third-order valence-electron chi connectivity index (χ3n) is 3.81. The van der Waals surface area contributed by atoms with Crippen molar-refractivity contribution in [1.82, 2.24) is 5.32 Å². The SMILES string of the molecule is CC1CCCCC1NCC#CCOc1ccc(Cl)cc1.[Cl-]. The Morgan fingerprint density at radius 1 is 1.19 bits per heavy atom. The predicted molar refractivity (Wildman–Crippen MR) is 84.1 cm³/mol. The smallest absolute Gasteiger partial charge is 0.149 e. The molecule has 2 rings (SSSR count). The second-order valence-corrected chi connectivity index (χ2v) is 5.78. The van der Waals surface area contributed by atoms with E-state index in [1.165, 1.54) is 25.7 Å². The molecule has 2 nitrogen and oxygen atoms in total. The van der Waals surface area contributed by atoms with Gasteiger partial charge in [0, 0.05) is 11.1 Å². The van der Waals surface area contributed by atoms with Crippen LogP contribution in [0.3, 0.4) is 0 Å². The number of hydrogen-bond acceptors (Lipinski definition) is 2. The maximum Gasteiger partial charge on any atom is 0.149 e. The zero-order valence-electron chi connectivity index (χ0n) is 12.4. The van der Waals surface area contributed by atoms with E-state index in [2.05, 4.69) is 24.1 Å². The summed E-state index contributed by atoms with van der Waals surface area (Å²) >= 11 is 5.81. The van der Waals surface area contributed by atoms with Crippen LogP contribution in [0.4, 0.5) is 0 Å². The molecule has 0 spiro atoms. The van der Waals surface area contributed by atoms with Gasteiger partial charge in [0.1, 0.15) is 12.4 Å². The van der Waals surface area contributed by atoms with E-state index in [0.717, 1.165) is 18.2 Å². The molecule has 1 N–H and O–H groups in total. The molecule has 4 heteroatoms. The largest absolute Gasteiger partial charge is 1.00 e. The van der Waals surface area contributed by atoms with E-state index >= 15 is 0 Å². The zero-order chi connectivity index (χ0) is 14.2. The van der Waals surface area contributed by atoms with Crippen molar-refractivity contribution < 1.29 is 17.1 Å². The molecule has 21 heavy (non-hydrogen) atoms. The van der Waals surface area contributed by atoms with Gasteiger partial charge in [-0.25, -0.2) is 0 Å². The van der Waals surface area contributed by atoms with Crippen LogP contribution in [0.5, 0.6) is 5.75 Å². The van der Waals surface area contributed by atoms with Crippen LogP contribution in [0.15, 0.2) is 24.3 Å². The summed E-state index contributed by atoms with van der Waals surface area (Å²) in [7, 11) is 0. The fraction of sp³-hybridized carbons (Fsp3) is 0.529. The zero-order valence-corrected chi connectivity index (χ0v) is 13.9. The second-order valence-electron chi connectivity index (χ2n) is 5.35. The molecule has 116 valence electrons. The number of hydrogen-bond donors (Lipinski definition) is 1. The Morgan fingerprint density at radius 2 is 1.90 bits per heavy atom. The fourth-order valence-corrected chi connectivity index (χ4v) is 2.69. The van der Waals surface area contributed by atoms with Crippen LogP contribution < -0.4 is 22.5 Å². The second kappa shape index (κ2) is 9.95. The molecule has 0 amide bonds. The normalized spacial score (nSPS) is 20.9. The van der Waals surface area contributed by atoms with E-state index in [0.29, 0.717) is 17.7 Å². The number of benzene rings is 1. The molecule has 2 atom stereocenters. The first kappa shape index (κ1) is 18.2. The van der Waals surface area contributed by atoms with Gasteiger partial charge in [0.05, 0.1) is 6.54 Å². The summed E-state index contributed by atoms with van der Waals surface area (Å²) in [4.78, 5) is 0. The molecule has 0 heterocycles. The number of rotatable bonds is 4. The molecule has 1 aliphatic rings. The van der Waals surface area contributed by atoms with E-state index in [1.54, 1.807) is 0 Å². The molecule has 1 aromatic carbocycles. The number of nitrogens with one attached hydrogen (secondary N) is 1. The molecule has 1 aromatic rings. The van der Waals surface area contributed by atoms with E-state index in [9.17, 15) is 0 Å². The number of ether oxygens (including phenoxy) is 1. The van der Waals surface area contributed by atoms with E-state index in [-0.39, 0.29) is 12.4 Å². The van der Waals surface area contributed by atoms with Crippen molar-refractivity contribution in [2.24, 2.45) is 5.92 Å². The predicted octanol–water partition coefficient (Wildman–Crippen LogP) is 0.894. The van der Waals surface area contributed by atoms with Crippen molar-refractivity contribution in [3.05, 3.63) is 29.3 Å². The van der Waals surface area contributed by atoms with Crippen LogP contribution in [-0.2, 0) is 0 Å².